The molecular formula is C10H8BrN3O2. The molecule has 2 aromatic rings. The second-order valence-electron chi connectivity index (χ2n) is 3.10. The van der Waals surface area contributed by atoms with Gasteiger partial charge in [-0.25, -0.2) is 4.98 Å². The Morgan fingerprint density at radius 2 is 2.31 bits per heavy atom. The highest BCUT2D eigenvalue weighted by Crippen LogP contribution is 2.12. The van der Waals surface area contributed by atoms with E-state index in [4.69, 9.17) is 4.52 Å². The minimum absolute atomic E-state index is 0.288. The van der Waals surface area contributed by atoms with Crippen molar-refractivity contribution in [3.63, 3.8) is 0 Å². The van der Waals surface area contributed by atoms with Gasteiger partial charge in [-0.2, -0.15) is 0 Å². The SMILES string of the molecule is Cc1oncc1C(=O)Nc1cccc(Br)n1. The Labute approximate surface area is 100.0 Å². The summed E-state index contributed by atoms with van der Waals surface area (Å²) in [5.41, 5.74) is 0.404. The van der Waals surface area contributed by atoms with E-state index in [-0.39, 0.29) is 5.91 Å². The smallest absolute Gasteiger partial charge is 0.262 e. The maximum absolute atomic E-state index is 11.7. The predicted molar refractivity (Wildman–Crippen MR) is 61.1 cm³/mol. The van der Waals surface area contributed by atoms with E-state index in [1.165, 1.54) is 6.20 Å². The fourth-order valence-corrected chi connectivity index (χ4v) is 1.52. The summed E-state index contributed by atoms with van der Waals surface area (Å²) in [5.74, 6) is 0.664. The van der Waals surface area contributed by atoms with Gasteiger partial charge in [0.15, 0.2) is 0 Å². The third-order valence-corrected chi connectivity index (χ3v) is 2.39. The van der Waals surface area contributed by atoms with Gasteiger partial charge in [0.25, 0.3) is 5.91 Å². The van der Waals surface area contributed by atoms with Gasteiger partial charge in [0.2, 0.25) is 0 Å². The first kappa shape index (κ1) is 10.8. The van der Waals surface area contributed by atoms with Crippen LogP contribution in [0.25, 0.3) is 0 Å². The average molecular weight is 282 g/mol. The van der Waals surface area contributed by atoms with Crippen molar-refractivity contribution in [3.8, 4) is 0 Å². The topological polar surface area (TPSA) is 68.0 Å². The molecule has 0 aliphatic rings. The summed E-state index contributed by atoms with van der Waals surface area (Å²) in [5, 5.41) is 6.18. The van der Waals surface area contributed by atoms with E-state index < -0.39 is 0 Å². The van der Waals surface area contributed by atoms with Crippen LogP contribution < -0.4 is 5.32 Å². The van der Waals surface area contributed by atoms with Crippen molar-refractivity contribution in [3.05, 3.63) is 40.3 Å². The predicted octanol–water partition coefficient (Wildman–Crippen LogP) is 2.39. The first-order valence-electron chi connectivity index (χ1n) is 4.52. The summed E-state index contributed by atoms with van der Waals surface area (Å²) in [4.78, 5) is 15.8. The molecule has 0 fully saturated rings. The maximum atomic E-state index is 11.7. The summed E-state index contributed by atoms with van der Waals surface area (Å²) >= 11 is 3.22. The number of hydrogen-bond donors (Lipinski definition) is 1. The average Bonchev–Trinajstić information content (AvgIpc) is 2.64. The molecule has 16 heavy (non-hydrogen) atoms. The number of pyridine rings is 1. The molecule has 0 saturated carbocycles. The molecule has 0 unspecified atom stereocenters. The van der Waals surface area contributed by atoms with E-state index in [9.17, 15) is 4.79 Å². The van der Waals surface area contributed by atoms with Crippen LogP contribution in [0, 0.1) is 6.92 Å². The molecule has 0 aliphatic carbocycles. The van der Waals surface area contributed by atoms with Crippen LogP contribution in [0.3, 0.4) is 0 Å². The molecule has 5 nitrogen and oxygen atoms in total. The first-order valence-corrected chi connectivity index (χ1v) is 5.31. The molecule has 6 heteroatoms. The largest absolute Gasteiger partial charge is 0.361 e. The number of aryl methyl sites for hydroxylation is 1. The number of amides is 1. The Bertz CT molecular complexity index is 524. The summed E-state index contributed by atoms with van der Waals surface area (Å²) in [6.07, 6.45) is 1.38. The highest BCUT2D eigenvalue weighted by Gasteiger charge is 2.13. The van der Waals surface area contributed by atoms with Crippen molar-refractivity contribution in [2.75, 3.05) is 5.32 Å². The molecule has 0 atom stereocenters. The van der Waals surface area contributed by atoms with E-state index in [0.717, 1.165) is 0 Å². The Kier molecular flexibility index (Phi) is 3.00. The lowest BCUT2D eigenvalue weighted by Gasteiger charge is -2.02. The lowest BCUT2D eigenvalue weighted by Crippen LogP contribution is -2.13. The Morgan fingerprint density at radius 1 is 1.50 bits per heavy atom. The highest BCUT2D eigenvalue weighted by molar-refractivity contribution is 9.10. The van der Waals surface area contributed by atoms with Gasteiger partial charge in [0.05, 0.1) is 6.20 Å². The highest BCUT2D eigenvalue weighted by atomic mass is 79.9. The first-order chi connectivity index (χ1) is 7.66. The molecule has 1 N–H and O–H groups in total. The molecule has 0 radical (unpaired) electrons. The van der Waals surface area contributed by atoms with Crippen LogP contribution in [0.2, 0.25) is 0 Å². The van der Waals surface area contributed by atoms with Crippen LogP contribution in [0.1, 0.15) is 16.1 Å². The number of carbonyl (C=O) groups is 1. The summed E-state index contributed by atoms with van der Waals surface area (Å²) in [6.45, 7) is 1.68. The molecule has 0 bridgehead atoms. The fourth-order valence-electron chi connectivity index (χ4n) is 1.18. The molecule has 0 spiro atoms. The van der Waals surface area contributed by atoms with Gasteiger partial charge >= 0.3 is 0 Å². The molecule has 2 rings (SSSR count). The minimum Gasteiger partial charge on any atom is -0.361 e. The normalized spacial score (nSPS) is 10.1. The molecule has 0 saturated heterocycles. The number of hydrogen-bond acceptors (Lipinski definition) is 4. The van der Waals surface area contributed by atoms with E-state index in [1.54, 1.807) is 25.1 Å². The second kappa shape index (κ2) is 4.44. The lowest BCUT2D eigenvalue weighted by atomic mass is 10.2. The van der Waals surface area contributed by atoms with Crippen molar-refractivity contribution < 1.29 is 9.32 Å². The van der Waals surface area contributed by atoms with Crippen molar-refractivity contribution in [2.24, 2.45) is 0 Å². The number of anilines is 1. The quantitative estimate of drug-likeness (QED) is 0.859. The summed E-state index contributed by atoms with van der Waals surface area (Å²) in [6, 6.07) is 5.26. The molecule has 82 valence electrons. The number of carbonyl (C=O) groups excluding carboxylic acids is 1. The van der Waals surface area contributed by atoms with Gasteiger partial charge in [-0.3, -0.25) is 4.79 Å². The number of nitrogens with zero attached hydrogens (tertiary/aromatic N) is 2. The molecule has 0 aromatic carbocycles. The summed E-state index contributed by atoms with van der Waals surface area (Å²) in [7, 11) is 0. The minimum atomic E-state index is -0.288. The van der Waals surface area contributed by atoms with Crippen LogP contribution in [-0.2, 0) is 0 Å². The molecule has 1 amide bonds. The monoisotopic (exact) mass is 281 g/mol. The standard InChI is InChI=1S/C10H8BrN3O2/c1-6-7(5-12-16-6)10(15)14-9-4-2-3-8(11)13-9/h2-5H,1H3,(H,13,14,15). The van der Waals surface area contributed by atoms with E-state index in [1.807, 2.05) is 0 Å². The molecular weight excluding hydrogens is 274 g/mol. The third kappa shape index (κ3) is 2.27. The Hall–Kier alpha value is -1.69. The van der Waals surface area contributed by atoms with Gasteiger partial charge in [-0.15, -0.1) is 0 Å². The second-order valence-corrected chi connectivity index (χ2v) is 3.91. The molecule has 2 aromatic heterocycles. The third-order valence-electron chi connectivity index (χ3n) is 1.95. The van der Waals surface area contributed by atoms with Crippen molar-refractivity contribution >= 4 is 27.7 Å². The lowest BCUT2D eigenvalue weighted by molar-refractivity contribution is 0.102. The van der Waals surface area contributed by atoms with Crippen molar-refractivity contribution in [1.82, 2.24) is 10.1 Å². The van der Waals surface area contributed by atoms with E-state index in [2.05, 4.69) is 31.4 Å². The summed E-state index contributed by atoms with van der Waals surface area (Å²) < 4.78 is 5.47. The van der Waals surface area contributed by atoms with E-state index in [0.29, 0.717) is 21.7 Å². The fraction of sp³-hybridized carbons (Fsp3) is 0.100. The maximum Gasteiger partial charge on any atom is 0.262 e. The Morgan fingerprint density at radius 3 is 2.94 bits per heavy atom. The Balaban J connectivity index is 2.17. The molecule has 0 aliphatic heterocycles. The van der Waals surface area contributed by atoms with Crippen LogP contribution in [0.15, 0.2) is 33.5 Å². The zero-order valence-corrected chi connectivity index (χ0v) is 9.98. The van der Waals surface area contributed by atoms with Crippen LogP contribution in [0.5, 0.6) is 0 Å². The van der Waals surface area contributed by atoms with Crippen molar-refractivity contribution in [2.45, 2.75) is 6.92 Å². The molecule has 2 heterocycles. The van der Waals surface area contributed by atoms with Gasteiger partial charge in [-0.05, 0) is 35.0 Å². The zero-order valence-electron chi connectivity index (χ0n) is 8.40. The van der Waals surface area contributed by atoms with Crippen LogP contribution in [0.4, 0.5) is 5.82 Å². The van der Waals surface area contributed by atoms with Gasteiger partial charge in [0.1, 0.15) is 21.7 Å². The van der Waals surface area contributed by atoms with Crippen molar-refractivity contribution in [1.29, 1.82) is 0 Å². The number of halogens is 1. The van der Waals surface area contributed by atoms with Crippen LogP contribution in [-0.4, -0.2) is 16.0 Å². The zero-order chi connectivity index (χ0) is 11.5. The number of nitrogens with one attached hydrogen (secondary N) is 1. The number of aromatic nitrogens is 2. The van der Waals surface area contributed by atoms with Gasteiger partial charge in [-0.1, -0.05) is 11.2 Å². The van der Waals surface area contributed by atoms with Crippen LogP contribution >= 0.6 is 15.9 Å². The van der Waals surface area contributed by atoms with Gasteiger partial charge < -0.3 is 9.84 Å². The number of rotatable bonds is 2. The van der Waals surface area contributed by atoms with Gasteiger partial charge in [0, 0.05) is 0 Å². The van der Waals surface area contributed by atoms with E-state index >= 15 is 0 Å².